The standard InChI is InChI=1S/C11H21N5O3/c1-14(2)5-3-4-12-7-11(17)9-15-8-10(6-13-15)16(18)19/h6,8,11-12,17H,3-5,7,9H2,1-2H3. The third-order valence-corrected chi connectivity index (χ3v) is 2.57. The first-order valence-corrected chi connectivity index (χ1v) is 6.19. The smallest absolute Gasteiger partial charge is 0.306 e. The van der Waals surface area contributed by atoms with Crippen molar-refractivity contribution in [2.45, 2.75) is 19.1 Å². The minimum Gasteiger partial charge on any atom is -0.390 e. The van der Waals surface area contributed by atoms with Crippen LogP contribution in [0, 0.1) is 10.1 Å². The Labute approximate surface area is 112 Å². The number of aromatic nitrogens is 2. The fraction of sp³-hybridized carbons (Fsp3) is 0.727. The second kappa shape index (κ2) is 7.82. The highest BCUT2D eigenvalue weighted by Gasteiger charge is 2.11. The van der Waals surface area contributed by atoms with Crippen LogP contribution in [0.15, 0.2) is 12.4 Å². The predicted molar refractivity (Wildman–Crippen MR) is 70.9 cm³/mol. The summed E-state index contributed by atoms with van der Waals surface area (Å²) in [7, 11) is 4.03. The molecular formula is C11H21N5O3. The summed E-state index contributed by atoms with van der Waals surface area (Å²) >= 11 is 0. The molecule has 1 rings (SSSR count). The van der Waals surface area contributed by atoms with Crippen LogP contribution < -0.4 is 5.32 Å². The molecule has 1 atom stereocenters. The lowest BCUT2D eigenvalue weighted by molar-refractivity contribution is -0.385. The van der Waals surface area contributed by atoms with Gasteiger partial charge in [0, 0.05) is 6.54 Å². The molecule has 0 fully saturated rings. The molecule has 19 heavy (non-hydrogen) atoms. The van der Waals surface area contributed by atoms with Crippen LogP contribution in [-0.2, 0) is 6.54 Å². The van der Waals surface area contributed by atoms with E-state index in [0.717, 1.165) is 19.5 Å². The Bertz CT molecular complexity index is 393. The second-order valence-corrected chi connectivity index (χ2v) is 4.69. The van der Waals surface area contributed by atoms with Crippen LogP contribution >= 0.6 is 0 Å². The van der Waals surface area contributed by atoms with Crippen molar-refractivity contribution in [1.29, 1.82) is 0 Å². The Balaban J connectivity index is 2.19. The van der Waals surface area contributed by atoms with E-state index in [-0.39, 0.29) is 12.2 Å². The summed E-state index contributed by atoms with van der Waals surface area (Å²) in [6.07, 6.45) is 2.89. The zero-order chi connectivity index (χ0) is 14.3. The Kier molecular flexibility index (Phi) is 6.40. The van der Waals surface area contributed by atoms with Gasteiger partial charge in [-0.1, -0.05) is 0 Å². The SMILES string of the molecule is CN(C)CCCNCC(O)Cn1cc([N+](=O)[O-])cn1. The molecule has 2 N–H and O–H groups in total. The summed E-state index contributed by atoms with van der Waals surface area (Å²) in [5, 5.41) is 27.2. The highest BCUT2D eigenvalue weighted by atomic mass is 16.6. The van der Waals surface area contributed by atoms with Gasteiger partial charge in [0.15, 0.2) is 0 Å². The number of nitrogens with zero attached hydrogens (tertiary/aromatic N) is 4. The summed E-state index contributed by atoms with van der Waals surface area (Å²) in [6.45, 7) is 2.51. The largest absolute Gasteiger partial charge is 0.390 e. The summed E-state index contributed by atoms with van der Waals surface area (Å²) < 4.78 is 1.38. The van der Waals surface area contributed by atoms with Gasteiger partial charge in [0.2, 0.25) is 0 Å². The highest BCUT2D eigenvalue weighted by molar-refractivity contribution is 5.20. The zero-order valence-electron chi connectivity index (χ0n) is 11.3. The normalized spacial score (nSPS) is 12.8. The van der Waals surface area contributed by atoms with Gasteiger partial charge in [0.05, 0.1) is 17.6 Å². The van der Waals surface area contributed by atoms with E-state index >= 15 is 0 Å². The first-order valence-electron chi connectivity index (χ1n) is 6.19. The van der Waals surface area contributed by atoms with Crippen LogP contribution in [0.1, 0.15) is 6.42 Å². The van der Waals surface area contributed by atoms with E-state index in [4.69, 9.17) is 0 Å². The highest BCUT2D eigenvalue weighted by Crippen LogP contribution is 2.07. The Morgan fingerprint density at radius 1 is 1.63 bits per heavy atom. The van der Waals surface area contributed by atoms with Crippen LogP contribution in [0.25, 0.3) is 0 Å². The zero-order valence-corrected chi connectivity index (χ0v) is 11.3. The van der Waals surface area contributed by atoms with Crippen molar-refractivity contribution in [3.8, 4) is 0 Å². The van der Waals surface area contributed by atoms with Crippen LogP contribution in [-0.4, -0.2) is 64.5 Å². The van der Waals surface area contributed by atoms with Crippen LogP contribution in [0.5, 0.6) is 0 Å². The molecular weight excluding hydrogens is 250 g/mol. The number of nitro groups is 1. The average Bonchev–Trinajstić information content (AvgIpc) is 2.76. The number of aliphatic hydroxyl groups is 1. The molecule has 1 aromatic heterocycles. The fourth-order valence-electron chi connectivity index (χ4n) is 1.62. The number of aliphatic hydroxyl groups excluding tert-OH is 1. The van der Waals surface area contributed by atoms with Crippen LogP contribution in [0.4, 0.5) is 5.69 Å². The van der Waals surface area contributed by atoms with Crippen LogP contribution in [0.2, 0.25) is 0 Å². The molecule has 0 amide bonds. The summed E-state index contributed by atoms with van der Waals surface area (Å²) in [5.41, 5.74) is -0.0638. The summed E-state index contributed by atoms with van der Waals surface area (Å²) in [6, 6.07) is 0. The Hall–Kier alpha value is -1.51. The molecule has 1 unspecified atom stereocenters. The van der Waals surface area contributed by atoms with E-state index < -0.39 is 11.0 Å². The molecule has 1 aromatic rings. The molecule has 0 saturated carbocycles. The molecule has 1 heterocycles. The van der Waals surface area contributed by atoms with Crippen molar-refractivity contribution in [3.05, 3.63) is 22.5 Å². The van der Waals surface area contributed by atoms with Crippen molar-refractivity contribution in [3.63, 3.8) is 0 Å². The minimum absolute atomic E-state index is 0.0638. The lowest BCUT2D eigenvalue weighted by atomic mass is 10.3. The molecule has 0 bridgehead atoms. The van der Waals surface area contributed by atoms with Gasteiger partial charge in [0.1, 0.15) is 12.4 Å². The third kappa shape index (κ3) is 6.27. The lowest BCUT2D eigenvalue weighted by Gasteiger charge is -2.13. The quantitative estimate of drug-likeness (QED) is 0.363. The van der Waals surface area contributed by atoms with Gasteiger partial charge in [0.25, 0.3) is 0 Å². The third-order valence-electron chi connectivity index (χ3n) is 2.57. The number of nitrogens with one attached hydrogen (secondary N) is 1. The molecule has 8 nitrogen and oxygen atoms in total. The molecule has 0 saturated heterocycles. The Morgan fingerprint density at radius 2 is 2.37 bits per heavy atom. The van der Waals surface area contributed by atoms with E-state index in [9.17, 15) is 15.2 Å². The molecule has 108 valence electrons. The van der Waals surface area contributed by atoms with E-state index in [1.807, 2.05) is 14.1 Å². The van der Waals surface area contributed by atoms with Gasteiger partial charge in [-0.2, -0.15) is 5.10 Å². The molecule has 0 aliphatic heterocycles. The Morgan fingerprint density at radius 3 is 2.95 bits per heavy atom. The van der Waals surface area contributed by atoms with E-state index in [2.05, 4.69) is 15.3 Å². The van der Waals surface area contributed by atoms with Crippen molar-refractivity contribution < 1.29 is 10.0 Å². The number of rotatable bonds is 9. The van der Waals surface area contributed by atoms with Gasteiger partial charge >= 0.3 is 5.69 Å². The molecule has 0 radical (unpaired) electrons. The second-order valence-electron chi connectivity index (χ2n) is 4.69. The van der Waals surface area contributed by atoms with Gasteiger partial charge in [-0.05, 0) is 33.6 Å². The van der Waals surface area contributed by atoms with E-state index in [1.54, 1.807) is 0 Å². The van der Waals surface area contributed by atoms with Crippen molar-refractivity contribution in [1.82, 2.24) is 20.0 Å². The topological polar surface area (TPSA) is 96.5 Å². The first-order chi connectivity index (χ1) is 8.99. The molecule has 0 aliphatic carbocycles. The molecule has 0 spiro atoms. The maximum absolute atomic E-state index is 10.5. The van der Waals surface area contributed by atoms with Crippen LogP contribution in [0.3, 0.4) is 0 Å². The van der Waals surface area contributed by atoms with Gasteiger partial charge < -0.3 is 15.3 Å². The van der Waals surface area contributed by atoms with Gasteiger partial charge in [-0.3, -0.25) is 14.8 Å². The average molecular weight is 271 g/mol. The van der Waals surface area contributed by atoms with Crippen molar-refractivity contribution in [2.75, 3.05) is 33.7 Å². The molecule has 0 aliphatic rings. The fourth-order valence-corrected chi connectivity index (χ4v) is 1.62. The number of hydrogen-bond donors (Lipinski definition) is 2. The van der Waals surface area contributed by atoms with E-state index in [1.165, 1.54) is 17.1 Å². The van der Waals surface area contributed by atoms with Crippen molar-refractivity contribution in [2.24, 2.45) is 0 Å². The van der Waals surface area contributed by atoms with Gasteiger partial charge in [-0.15, -0.1) is 0 Å². The first kappa shape index (κ1) is 15.5. The van der Waals surface area contributed by atoms with E-state index in [0.29, 0.717) is 6.54 Å². The molecule has 0 aromatic carbocycles. The van der Waals surface area contributed by atoms with Gasteiger partial charge in [-0.25, -0.2) is 0 Å². The summed E-state index contributed by atoms with van der Waals surface area (Å²) in [5.74, 6) is 0. The summed E-state index contributed by atoms with van der Waals surface area (Å²) in [4.78, 5) is 12.1. The maximum atomic E-state index is 10.5. The van der Waals surface area contributed by atoms with Crippen molar-refractivity contribution >= 4 is 5.69 Å². The monoisotopic (exact) mass is 271 g/mol. The molecule has 8 heteroatoms. The number of hydrogen-bond acceptors (Lipinski definition) is 6. The lowest BCUT2D eigenvalue weighted by Crippen LogP contribution is -2.32. The maximum Gasteiger partial charge on any atom is 0.306 e. The minimum atomic E-state index is -0.612. The predicted octanol–water partition coefficient (Wildman–Crippen LogP) is -0.306.